The van der Waals surface area contributed by atoms with Gasteiger partial charge in [0.25, 0.3) is 0 Å². The largest absolute Gasteiger partial charge is 0.446 e. The van der Waals surface area contributed by atoms with Crippen molar-refractivity contribution < 1.29 is 14.3 Å². The number of carbonyl (C=O) groups is 2. The molecule has 0 saturated carbocycles. The third kappa shape index (κ3) is 7.29. The predicted molar refractivity (Wildman–Crippen MR) is 189 cm³/mol. The first-order chi connectivity index (χ1) is 22.5. The van der Waals surface area contributed by atoms with Crippen LogP contribution < -0.4 is 5.32 Å². The number of alkyl carbamates (subject to hydrolysis) is 1. The summed E-state index contributed by atoms with van der Waals surface area (Å²) in [7, 11) is 2.08. The molecule has 1 atom stereocenters. The van der Waals surface area contributed by atoms with E-state index in [1.807, 2.05) is 47.4 Å². The molecule has 47 heavy (non-hydrogen) atoms. The van der Waals surface area contributed by atoms with Gasteiger partial charge in [0.05, 0.1) is 11.0 Å². The van der Waals surface area contributed by atoms with Crippen LogP contribution in [0.5, 0.6) is 0 Å². The van der Waals surface area contributed by atoms with Gasteiger partial charge in [-0.05, 0) is 61.2 Å². The van der Waals surface area contributed by atoms with Crippen LogP contribution in [0.3, 0.4) is 0 Å². The van der Waals surface area contributed by atoms with Crippen molar-refractivity contribution in [2.24, 2.45) is 0 Å². The van der Waals surface area contributed by atoms with Gasteiger partial charge in [0.15, 0.2) is 0 Å². The Morgan fingerprint density at radius 2 is 1.51 bits per heavy atom. The van der Waals surface area contributed by atoms with Crippen LogP contribution in [-0.2, 0) is 16.0 Å². The van der Waals surface area contributed by atoms with Crippen LogP contribution in [-0.4, -0.2) is 76.7 Å². The number of nitrogens with one attached hydrogen (secondary N) is 1. The van der Waals surface area contributed by atoms with E-state index in [-0.39, 0.29) is 30.5 Å². The first-order valence-electron chi connectivity index (χ1n) is 16.5. The molecular weight excluding hydrogens is 610 g/mol. The predicted octanol–water partition coefficient (Wildman–Crippen LogP) is 6.87. The zero-order chi connectivity index (χ0) is 31.5. The normalized spacial score (nSPS) is 16.9. The van der Waals surface area contributed by atoms with Gasteiger partial charge in [-0.2, -0.15) is 0 Å². The average Bonchev–Trinajstić information content (AvgIpc) is 3.49. The number of ether oxygens (including phenoxy) is 1. The molecule has 4 aromatic carbocycles. The van der Waals surface area contributed by atoms with Crippen molar-refractivity contribution in [1.29, 1.82) is 0 Å². The number of aromatic nitrogens is 2. The highest BCUT2D eigenvalue weighted by Crippen LogP contribution is 2.33. The lowest BCUT2D eigenvalue weighted by Gasteiger charge is -2.36. The second kappa shape index (κ2) is 14.6. The number of piperidine rings is 2. The van der Waals surface area contributed by atoms with Crippen LogP contribution in [0.15, 0.2) is 97.1 Å². The van der Waals surface area contributed by atoms with E-state index in [9.17, 15) is 9.59 Å². The van der Waals surface area contributed by atoms with Gasteiger partial charge < -0.3 is 24.4 Å². The van der Waals surface area contributed by atoms with E-state index in [4.69, 9.17) is 9.72 Å². The summed E-state index contributed by atoms with van der Waals surface area (Å²) in [5.41, 5.74) is 4.17. The van der Waals surface area contributed by atoms with E-state index < -0.39 is 12.1 Å². The van der Waals surface area contributed by atoms with Gasteiger partial charge in [-0.25, -0.2) is 9.78 Å². The third-order valence-corrected chi connectivity index (χ3v) is 9.55. The molecule has 8 nitrogen and oxygen atoms in total. The van der Waals surface area contributed by atoms with E-state index in [1.165, 1.54) is 0 Å². The molecule has 2 saturated heterocycles. The number of benzene rings is 4. The Bertz CT molecular complexity index is 1830. The minimum absolute atomic E-state index is 0. The molecule has 9 heteroatoms. The van der Waals surface area contributed by atoms with Crippen LogP contribution in [0, 0.1) is 0 Å². The maximum absolute atomic E-state index is 14.2. The maximum Gasteiger partial charge on any atom is 0.408 e. The molecule has 1 aromatic heterocycles. The van der Waals surface area contributed by atoms with Crippen molar-refractivity contribution >= 4 is 46.2 Å². The molecule has 0 radical (unpaired) electrons. The Hall–Kier alpha value is -4.40. The Morgan fingerprint density at radius 1 is 0.830 bits per heavy atom. The lowest BCUT2D eigenvalue weighted by atomic mass is 9.99. The van der Waals surface area contributed by atoms with E-state index >= 15 is 0 Å². The number of halogens is 1. The van der Waals surface area contributed by atoms with Gasteiger partial charge >= 0.3 is 6.09 Å². The number of rotatable bonds is 7. The molecular formula is C38H42ClN5O3. The lowest BCUT2D eigenvalue weighted by Crippen LogP contribution is -2.52. The summed E-state index contributed by atoms with van der Waals surface area (Å²) < 4.78 is 8.18. The molecule has 0 aliphatic carbocycles. The number of carbonyl (C=O) groups excluding carboxylic acids is 2. The van der Waals surface area contributed by atoms with Crippen LogP contribution in [0.4, 0.5) is 4.79 Å². The number of para-hydroxylation sites is 2. The number of fused-ring (bicyclic) bond motifs is 2. The fourth-order valence-electron chi connectivity index (χ4n) is 7.00. The highest BCUT2D eigenvalue weighted by atomic mass is 35.5. The molecule has 244 valence electrons. The summed E-state index contributed by atoms with van der Waals surface area (Å²) in [5, 5.41) is 5.24. The third-order valence-electron chi connectivity index (χ3n) is 9.55. The van der Waals surface area contributed by atoms with Crippen LogP contribution in [0.25, 0.3) is 33.2 Å². The second-order valence-electron chi connectivity index (χ2n) is 12.7. The molecule has 5 aromatic rings. The zero-order valence-corrected chi connectivity index (χ0v) is 27.6. The molecule has 0 spiro atoms. The van der Waals surface area contributed by atoms with Gasteiger partial charge in [-0.15, -0.1) is 12.4 Å². The molecule has 1 N–H and O–H groups in total. The molecule has 2 amide bonds. The summed E-state index contributed by atoms with van der Waals surface area (Å²) in [6, 6.07) is 32.5. The average molecular weight is 652 g/mol. The molecule has 3 heterocycles. The van der Waals surface area contributed by atoms with Crippen molar-refractivity contribution in [3.8, 4) is 11.4 Å². The lowest BCUT2D eigenvalue weighted by molar-refractivity contribution is -0.134. The number of imidazole rings is 1. The summed E-state index contributed by atoms with van der Waals surface area (Å²) >= 11 is 0. The van der Waals surface area contributed by atoms with Gasteiger partial charge in [-0.1, -0.05) is 84.9 Å². The van der Waals surface area contributed by atoms with Crippen LogP contribution >= 0.6 is 12.4 Å². The van der Waals surface area contributed by atoms with Crippen molar-refractivity contribution in [3.05, 3.63) is 103 Å². The highest BCUT2D eigenvalue weighted by Gasteiger charge is 2.32. The first kappa shape index (κ1) is 32.5. The van der Waals surface area contributed by atoms with Gasteiger partial charge in [0.1, 0.15) is 18.0 Å². The minimum atomic E-state index is -0.717. The van der Waals surface area contributed by atoms with Crippen molar-refractivity contribution in [1.82, 2.24) is 24.7 Å². The minimum Gasteiger partial charge on any atom is -0.446 e. The Morgan fingerprint density at radius 3 is 2.28 bits per heavy atom. The topological polar surface area (TPSA) is 79.7 Å². The number of nitrogens with zero attached hydrogens (tertiary/aromatic N) is 4. The number of likely N-dealkylation sites (tertiary alicyclic amines) is 2. The number of amides is 2. The summed E-state index contributed by atoms with van der Waals surface area (Å²) in [6.07, 6.45) is 2.95. The monoisotopic (exact) mass is 651 g/mol. The Labute approximate surface area is 282 Å². The molecule has 0 unspecified atom stereocenters. The van der Waals surface area contributed by atoms with E-state index in [2.05, 4.69) is 76.4 Å². The van der Waals surface area contributed by atoms with E-state index in [0.717, 1.165) is 77.5 Å². The van der Waals surface area contributed by atoms with Crippen molar-refractivity contribution in [3.63, 3.8) is 0 Å². The van der Waals surface area contributed by atoms with Gasteiger partial charge in [0, 0.05) is 44.2 Å². The van der Waals surface area contributed by atoms with Gasteiger partial charge in [-0.3, -0.25) is 4.79 Å². The van der Waals surface area contributed by atoms with E-state index in [0.29, 0.717) is 19.5 Å². The molecule has 7 rings (SSSR count). The first-order valence-corrected chi connectivity index (χ1v) is 16.5. The van der Waals surface area contributed by atoms with E-state index in [1.54, 1.807) is 0 Å². The zero-order valence-electron chi connectivity index (χ0n) is 26.8. The highest BCUT2D eigenvalue weighted by molar-refractivity contribution is 5.87. The Kier molecular flexibility index (Phi) is 10.1. The number of hydrogen-bond donors (Lipinski definition) is 1. The van der Waals surface area contributed by atoms with Gasteiger partial charge in [0.2, 0.25) is 5.91 Å². The molecule has 2 aliphatic rings. The molecule has 2 aliphatic heterocycles. The fourth-order valence-corrected chi connectivity index (χ4v) is 7.00. The van der Waals surface area contributed by atoms with Crippen LogP contribution in [0.1, 0.15) is 37.3 Å². The van der Waals surface area contributed by atoms with Crippen molar-refractivity contribution in [2.45, 2.75) is 50.3 Å². The smallest absolute Gasteiger partial charge is 0.408 e. The number of hydrogen-bond acceptors (Lipinski definition) is 5. The fraction of sp³-hybridized carbons (Fsp3) is 0.342. The standard InChI is InChI=1S/C38H41N5O3.ClH/c1-41-21-19-32(20-22-41)46-38(45)40-34(26-27-15-16-28-9-5-6-12-30(28)25-27)37(44)42-23-17-31(18-24-42)43-35-14-8-7-13-33(35)39-36(43)29-10-3-2-4-11-29;/h2-16,25,31-32,34H,17-24,26H2,1H3,(H,40,45);1H/t34-;/m1./s1. The Balaban J connectivity index is 0.00000386. The summed E-state index contributed by atoms with van der Waals surface area (Å²) in [4.78, 5) is 36.5. The molecule has 0 bridgehead atoms. The quantitative estimate of drug-likeness (QED) is 0.208. The molecule has 2 fully saturated rings. The second-order valence-corrected chi connectivity index (χ2v) is 12.7. The maximum atomic E-state index is 14.2. The van der Waals surface area contributed by atoms with Crippen molar-refractivity contribution in [2.75, 3.05) is 33.2 Å². The SMILES string of the molecule is CN1CCC(OC(=O)N[C@H](Cc2ccc3ccccc3c2)C(=O)N2CCC(n3c(-c4ccccc4)nc4ccccc43)CC2)CC1.Cl. The summed E-state index contributed by atoms with van der Waals surface area (Å²) in [5.74, 6) is 0.893. The van der Waals surface area contributed by atoms with Crippen LogP contribution in [0.2, 0.25) is 0 Å². The summed E-state index contributed by atoms with van der Waals surface area (Å²) in [6.45, 7) is 2.99.